The van der Waals surface area contributed by atoms with Gasteiger partial charge in [-0.15, -0.1) is 0 Å². The molecular formula is C32H30F6N6O3. The van der Waals surface area contributed by atoms with Crippen molar-refractivity contribution in [3.8, 4) is 5.75 Å². The second-order valence-corrected chi connectivity index (χ2v) is 11.6. The van der Waals surface area contributed by atoms with Gasteiger partial charge in [-0.25, -0.2) is 9.97 Å². The monoisotopic (exact) mass is 660 g/mol. The van der Waals surface area contributed by atoms with E-state index >= 15 is 0 Å². The fraction of sp³-hybridized carbons (Fsp3) is 0.375. The fourth-order valence-corrected chi connectivity index (χ4v) is 6.03. The summed E-state index contributed by atoms with van der Waals surface area (Å²) in [5.74, 6) is 2.11. The molecule has 9 nitrogen and oxygen atoms in total. The Balaban J connectivity index is 0.980. The summed E-state index contributed by atoms with van der Waals surface area (Å²) >= 11 is 0. The van der Waals surface area contributed by atoms with Crippen LogP contribution in [0.3, 0.4) is 0 Å². The van der Waals surface area contributed by atoms with E-state index in [0.717, 1.165) is 30.1 Å². The van der Waals surface area contributed by atoms with Crippen molar-refractivity contribution < 1.29 is 36.0 Å². The predicted molar refractivity (Wildman–Crippen MR) is 164 cm³/mol. The Bertz CT molecular complexity index is 1730. The molecule has 1 aliphatic carbocycles. The maximum atomic E-state index is 13.3. The van der Waals surface area contributed by atoms with Crippen molar-refractivity contribution in [2.45, 2.75) is 50.2 Å². The van der Waals surface area contributed by atoms with Crippen molar-refractivity contribution >= 4 is 33.9 Å². The van der Waals surface area contributed by atoms with Crippen molar-refractivity contribution in [3.63, 3.8) is 0 Å². The SMILES string of the molecule is O=[N+]([O-])c1ccc(NC2CCC(Oc3ccc(N4CCN(c5ccc6cc(C(F)(F)F)ccc6n5)CC4)nc3)CC2)cc1C(F)(F)F. The van der Waals surface area contributed by atoms with Crippen LogP contribution in [0, 0.1) is 10.1 Å². The molecule has 15 heteroatoms. The third-order valence-electron chi connectivity index (χ3n) is 8.50. The zero-order chi connectivity index (χ0) is 33.3. The van der Waals surface area contributed by atoms with Crippen molar-refractivity contribution in [2.24, 2.45) is 0 Å². The van der Waals surface area contributed by atoms with Gasteiger partial charge >= 0.3 is 12.4 Å². The minimum Gasteiger partial charge on any atom is -0.489 e. The van der Waals surface area contributed by atoms with E-state index in [1.165, 1.54) is 12.1 Å². The molecule has 4 aromatic rings. The molecule has 2 aliphatic rings. The van der Waals surface area contributed by atoms with Gasteiger partial charge < -0.3 is 19.9 Å². The maximum absolute atomic E-state index is 13.3. The number of aromatic nitrogens is 2. The third kappa shape index (κ3) is 7.44. The minimum atomic E-state index is -4.84. The molecule has 0 unspecified atom stereocenters. The number of nitro groups is 1. The molecule has 2 aromatic carbocycles. The second kappa shape index (κ2) is 12.8. The molecule has 1 N–H and O–H groups in total. The van der Waals surface area contributed by atoms with Crippen LogP contribution < -0.4 is 19.9 Å². The highest BCUT2D eigenvalue weighted by molar-refractivity contribution is 5.81. The van der Waals surface area contributed by atoms with Crippen molar-refractivity contribution in [1.82, 2.24) is 9.97 Å². The molecule has 2 aromatic heterocycles. The van der Waals surface area contributed by atoms with E-state index in [9.17, 15) is 36.5 Å². The number of piperazine rings is 1. The van der Waals surface area contributed by atoms with E-state index in [1.54, 1.807) is 18.3 Å². The summed E-state index contributed by atoms with van der Waals surface area (Å²) in [6.45, 7) is 2.67. The van der Waals surface area contributed by atoms with Crippen LogP contribution in [0.15, 0.2) is 66.9 Å². The lowest BCUT2D eigenvalue weighted by molar-refractivity contribution is -0.388. The average molecular weight is 661 g/mol. The van der Waals surface area contributed by atoms with Gasteiger partial charge in [-0.1, -0.05) is 0 Å². The number of hydrogen-bond donors (Lipinski definition) is 1. The molecule has 2 fully saturated rings. The number of fused-ring (bicyclic) bond motifs is 1. The Morgan fingerprint density at radius 3 is 2.11 bits per heavy atom. The van der Waals surface area contributed by atoms with Crippen molar-refractivity contribution in [2.75, 3.05) is 41.3 Å². The van der Waals surface area contributed by atoms with Gasteiger partial charge in [0, 0.05) is 49.4 Å². The first-order valence-corrected chi connectivity index (χ1v) is 15.1. The van der Waals surface area contributed by atoms with E-state index < -0.39 is 34.1 Å². The lowest BCUT2D eigenvalue weighted by Gasteiger charge is -2.36. The minimum absolute atomic E-state index is 0.0821. The highest BCUT2D eigenvalue weighted by atomic mass is 19.4. The Hall–Kier alpha value is -4.82. The van der Waals surface area contributed by atoms with Crippen LogP contribution >= 0.6 is 0 Å². The van der Waals surface area contributed by atoms with E-state index in [4.69, 9.17) is 4.74 Å². The number of hydrogen-bond acceptors (Lipinski definition) is 8. The van der Waals surface area contributed by atoms with Gasteiger partial charge in [0.15, 0.2) is 0 Å². The van der Waals surface area contributed by atoms with E-state index in [-0.39, 0.29) is 17.8 Å². The molecule has 3 heterocycles. The maximum Gasteiger partial charge on any atom is 0.423 e. The quantitative estimate of drug-likeness (QED) is 0.122. The third-order valence-corrected chi connectivity index (χ3v) is 8.50. The predicted octanol–water partition coefficient (Wildman–Crippen LogP) is 7.70. The van der Waals surface area contributed by atoms with Gasteiger partial charge in [-0.3, -0.25) is 10.1 Å². The molecule has 0 amide bonds. The number of rotatable bonds is 7. The smallest absolute Gasteiger partial charge is 0.423 e. The van der Waals surface area contributed by atoms with Gasteiger partial charge in [0.1, 0.15) is 22.9 Å². The Morgan fingerprint density at radius 1 is 0.809 bits per heavy atom. The number of ether oxygens (including phenoxy) is 1. The molecule has 0 spiro atoms. The highest BCUT2D eigenvalue weighted by Crippen LogP contribution is 2.38. The van der Waals surface area contributed by atoms with Crippen LogP contribution in [-0.4, -0.2) is 53.2 Å². The first-order chi connectivity index (χ1) is 22.3. The number of nitrogens with one attached hydrogen (secondary N) is 1. The molecule has 248 valence electrons. The van der Waals surface area contributed by atoms with Crippen LogP contribution in [-0.2, 0) is 12.4 Å². The first-order valence-electron chi connectivity index (χ1n) is 15.1. The largest absolute Gasteiger partial charge is 0.489 e. The van der Waals surface area contributed by atoms with Gasteiger partial charge in [0.05, 0.1) is 28.3 Å². The second-order valence-electron chi connectivity index (χ2n) is 11.6. The van der Waals surface area contributed by atoms with E-state index in [1.807, 2.05) is 12.1 Å². The summed E-state index contributed by atoms with van der Waals surface area (Å²) < 4.78 is 85.2. The molecular weight excluding hydrogens is 630 g/mol. The average Bonchev–Trinajstić information content (AvgIpc) is 3.05. The van der Waals surface area contributed by atoms with Gasteiger partial charge in [0.2, 0.25) is 0 Å². The molecule has 0 radical (unpaired) electrons. The zero-order valence-corrected chi connectivity index (χ0v) is 24.9. The molecule has 47 heavy (non-hydrogen) atoms. The summed E-state index contributed by atoms with van der Waals surface area (Å²) in [6, 6.07) is 13.5. The molecule has 1 aliphatic heterocycles. The highest BCUT2D eigenvalue weighted by Gasteiger charge is 2.38. The summed E-state index contributed by atoms with van der Waals surface area (Å²) in [5.41, 5.74) is -2.27. The van der Waals surface area contributed by atoms with Crippen LogP contribution in [0.5, 0.6) is 5.75 Å². The Morgan fingerprint density at radius 2 is 1.49 bits per heavy atom. The topological polar surface area (TPSA) is 96.7 Å². The van der Waals surface area contributed by atoms with Crippen LogP contribution in [0.4, 0.5) is 49.4 Å². The number of nitro benzene ring substituents is 1. The molecule has 6 rings (SSSR count). The number of halogens is 6. The van der Waals surface area contributed by atoms with Crippen molar-refractivity contribution in [3.05, 3.63) is 88.1 Å². The molecule has 1 saturated heterocycles. The zero-order valence-electron chi connectivity index (χ0n) is 24.9. The summed E-state index contributed by atoms with van der Waals surface area (Å²) in [6.07, 6.45) is -5.00. The normalized spacial score (nSPS) is 19.1. The number of nitrogens with zero attached hydrogens (tertiary/aromatic N) is 5. The molecule has 1 saturated carbocycles. The van der Waals surface area contributed by atoms with Crippen LogP contribution in [0.25, 0.3) is 10.9 Å². The molecule has 0 atom stereocenters. The standard InChI is InChI=1S/C32H30F6N6O3/c33-31(34,35)21-2-9-27-20(17-21)1-11-30(41-27)43-15-13-42(14-16-43)29-12-8-25(19-39-29)47-24-6-3-22(4-7-24)40-23-5-10-28(44(45)46)26(18-23)32(36,37)38/h1-2,5,8-12,17-19,22,24,40H,3-4,6-7,13-16H2. The lowest BCUT2D eigenvalue weighted by atomic mass is 9.92. The fourth-order valence-electron chi connectivity index (χ4n) is 6.03. The van der Waals surface area contributed by atoms with Crippen molar-refractivity contribution in [1.29, 1.82) is 0 Å². The van der Waals surface area contributed by atoms with Gasteiger partial charge in [0.25, 0.3) is 5.69 Å². The number of anilines is 3. The van der Waals surface area contributed by atoms with Crippen LogP contribution in [0.1, 0.15) is 36.8 Å². The van der Waals surface area contributed by atoms with Crippen LogP contribution in [0.2, 0.25) is 0 Å². The van der Waals surface area contributed by atoms with E-state index in [0.29, 0.717) is 74.3 Å². The number of benzene rings is 2. The summed E-state index contributed by atoms with van der Waals surface area (Å²) in [5, 5.41) is 14.5. The number of alkyl halides is 6. The van der Waals surface area contributed by atoms with E-state index in [2.05, 4.69) is 25.1 Å². The molecule has 0 bridgehead atoms. The lowest BCUT2D eigenvalue weighted by Crippen LogP contribution is -2.47. The summed E-state index contributed by atoms with van der Waals surface area (Å²) in [4.78, 5) is 23.4. The summed E-state index contributed by atoms with van der Waals surface area (Å²) in [7, 11) is 0. The first kappa shape index (κ1) is 32.1. The van der Waals surface area contributed by atoms with Gasteiger partial charge in [-0.2, -0.15) is 26.3 Å². The Kier molecular flexibility index (Phi) is 8.72. The Labute approximate surface area is 265 Å². The number of pyridine rings is 2. The van der Waals surface area contributed by atoms with Gasteiger partial charge in [-0.05, 0) is 80.3 Å².